The van der Waals surface area contributed by atoms with Gasteiger partial charge in [0.05, 0.1) is 13.1 Å². The van der Waals surface area contributed by atoms with E-state index in [2.05, 4.69) is 5.32 Å². The van der Waals surface area contributed by atoms with Gasteiger partial charge in [0.25, 0.3) is 0 Å². The number of nitrogens with zero attached hydrogens (tertiary/aromatic N) is 1. The second-order valence-electron chi connectivity index (χ2n) is 10.1. The number of para-hydroxylation sites is 1. The monoisotopic (exact) mass is 544 g/mol. The molecule has 3 aromatic carbocycles. The van der Waals surface area contributed by atoms with Gasteiger partial charge in [-0.3, -0.25) is 14.4 Å². The standard InChI is InChI=1S/C17H22NO3.C14H13NO.CH2O2/c1-13(19)21-17-12-18(9-7-15(17)8-10-18)11-16(20)14-5-3-2-4-6-14;1-11(16)12-6-5-9-14(10-12)15-13-7-3-2-4-8-13;2-1-3/h2-6,15,17H,7-12H2,1H3;2-10,15H,1H3;1H,(H,2,3)/q+1;;/p-1. The molecule has 210 valence electrons. The summed E-state index contributed by atoms with van der Waals surface area (Å²) in [6.45, 7) is 5.91. The summed E-state index contributed by atoms with van der Waals surface area (Å²) in [6.07, 6.45) is 2.11. The van der Waals surface area contributed by atoms with Gasteiger partial charge in [-0.15, -0.1) is 0 Å². The molecule has 0 aliphatic carbocycles. The lowest BCUT2D eigenvalue weighted by molar-refractivity contribution is -0.938. The first-order valence-electron chi connectivity index (χ1n) is 13.3. The number of hydrogen-bond acceptors (Lipinski definition) is 7. The molecule has 8 heteroatoms. The number of ketones is 2. The Bertz CT molecular complexity index is 1270. The molecule has 8 nitrogen and oxygen atoms in total. The van der Waals surface area contributed by atoms with Crippen molar-refractivity contribution in [3.8, 4) is 0 Å². The normalized spacial score (nSPS) is 20.4. The minimum atomic E-state index is -0.500. The maximum absolute atomic E-state index is 12.5. The molecule has 1 atom stereocenters. The molecule has 3 heterocycles. The van der Waals surface area contributed by atoms with Crippen molar-refractivity contribution in [2.45, 2.75) is 32.8 Å². The Kier molecular flexibility index (Phi) is 11.1. The van der Waals surface area contributed by atoms with Crippen LogP contribution < -0.4 is 10.4 Å². The van der Waals surface area contributed by atoms with Crippen molar-refractivity contribution in [1.82, 2.24) is 0 Å². The third-order valence-corrected chi connectivity index (χ3v) is 7.27. The highest BCUT2D eigenvalue weighted by molar-refractivity contribution is 5.97. The Hall–Kier alpha value is -4.30. The molecule has 1 unspecified atom stereocenters. The summed E-state index contributed by atoms with van der Waals surface area (Å²) in [5, 5.41) is 11.5. The van der Waals surface area contributed by atoms with Crippen LogP contribution in [0.2, 0.25) is 0 Å². The highest BCUT2D eigenvalue weighted by atomic mass is 16.5. The average Bonchev–Trinajstić information content (AvgIpc) is 2.95. The largest absolute Gasteiger partial charge is 0.554 e. The number of Topliss-reactive ketones (excluding diaryl/α,β-unsaturated/α-hetero) is 2. The molecule has 3 aliphatic heterocycles. The van der Waals surface area contributed by atoms with E-state index in [9.17, 15) is 14.4 Å². The molecule has 3 aromatic rings. The van der Waals surface area contributed by atoms with Crippen molar-refractivity contribution in [2.24, 2.45) is 5.92 Å². The number of benzene rings is 3. The van der Waals surface area contributed by atoms with Crippen LogP contribution in [0.15, 0.2) is 84.9 Å². The zero-order valence-electron chi connectivity index (χ0n) is 23.0. The van der Waals surface area contributed by atoms with Crippen LogP contribution in [-0.2, 0) is 14.3 Å². The number of ether oxygens (including phenoxy) is 1. The van der Waals surface area contributed by atoms with E-state index in [0.717, 1.165) is 59.5 Å². The van der Waals surface area contributed by atoms with Crippen LogP contribution >= 0.6 is 0 Å². The fraction of sp³-hybridized carbons (Fsp3) is 0.312. The van der Waals surface area contributed by atoms with Crippen molar-refractivity contribution >= 4 is 35.4 Å². The number of piperidine rings is 3. The quantitative estimate of drug-likeness (QED) is 0.207. The van der Waals surface area contributed by atoms with Crippen LogP contribution in [0.5, 0.6) is 0 Å². The van der Waals surface area contributed by atoms with Crippen LogP contribution in [0.25, 0.3) is 0 Å². The molecule has 6 rings (SSSR count). The van der Waals surface area contributed by atoms with E-state index in [4.69, 9.17) is 14.6 Å². The average molecular weight is 545 g/mol. The van der Waals surface area contributed by atoms with E-state index in [1.807, 2.05) is 84.9 Å². The van der Waals surface area contributed by atoms with Gasteiger partial charge in [0, 0.05) is 54.7 Å². The lowest BCUT2D eigenvalue weighted by Crippen LogP contribution is -2.65. The van der Waals surface area contributed by atoms with Crippen molar-refractivity contribution in [3.63, 3.8) is 0 Å². The molecular weight excluding hydrogens is 508 g/mol. The fourth-order valence-electron chi connectivity index (χ4n) is 5.31. The van der Waals surface area contributed by atoms with Gasteiger partial charge in [-0.2, -0.15) is 0 Å². The van der Waals surface area contributed by atoms with Crippen LogP contribution in [0, 0.1) is 5.92 Å². The highest BCUT2D eigenvalue weighted by Crippen LogP contribution is 2.35. The zero-order chi connectivity index (χ0) is 29.0. The topological polar surface area (TPSA) is 113 Å². The zero-order valence-corrected chi connectivity index (χ0v) is 23.0. The lowest BCUT2D eigenvalue weighted by atomic mass is 9.83. The van der Waals surface area contributed by atoms with Crippen LogP contribution in [-0.4, -0.2) is 60.8 Å². The Balaban J connectivity index is 0.000000207. The first-order chi connectivity index (χ1) is 19.2. The molecular formula is C32H36N2O6. The molecule has 0 amide bonds. The Labute approximate surface area is 235 Å². The van der Waals surface area contributed by atoms with Gasteiger partial charge in [-0.05, 0) is 31.2 Å². The predicted octanol–water partition coefficient (Wildman–Crippen LogP) is 4.04. The SMILES string of the molecule is CC(=O)OC1C[N+]2(CC(=O)c3ccccc3)CCC1CC2.CC(=O)c1cccc(Nc2ccccc2)c1.O=C[O-]. The summed E-state index contributed by atoms with van der Waals surface area (Å²) in [6, 6.07) is 26.9. The van der Waals surface area contributed by atoms with Gasteiger partial charge >= 0.3 is 5.97 Å². The van der Waals surface area contributed by atoms with Crippen molar-refractivity contribution in [3.05, 3.63) is 96.1 Å². The smallest absolute Gasteiger partial charge is 0.303 e. The van der Waals surface area contributed by atoms with E-state index in [1.54, 1.807) is 6.92 Å². The molecule has 3 saturated heterocycles. The third kappa shape index (κ3) is 8.88. The van der Waals surface area contributed by atoms with Crippen molar-refractivity contribution in [1.29, 1.82) is 0 Å². The molecule has 1 N–H and O–H groups in total. The fourth-order valence-corrected chi connectivity index (χ4v) is 5.31. The van der Waals surface area contributed by atoms with Crippen molar-refractivity contribution in [2.75, 3.05) is 31.5 Å². The second-order valence-corrected chi connectivity index (χ2v) is 10.1. The number of rotatable bonds is 7. The lowest BCUT2D eigenvalue weighted by Gasteiger charge is -2.51. The number of hydrogen-bond donors (Lipinski definition) is 1. The summed E-state index contributed by atoms with van der Waals surface area (Å²) < 4.78 is 6.25. The second kappa shape index (κ2) is 14.7. The van der Waals surface area contributed by atoms with Crippen LogP contribution in [0.4, 0.5) is 11.4 Å². The van der Waals surface area contributed by atoms with E-state index < -0.39 is 6.47 Å². The molecule has 0 aromatic heterocycles. The summed E-state index contributed by atoms with van der Waals surface area (Å²) >= 11 is 0. The Morgan fingerprint density at radius 1 is 0.875 bits per heavy atom. The molecule has 0 radical (unpaired) electrons. The Morgan fingerprint density at radius 2 is 1.43 bits per heavy atom. The molecule has 3 aliphatic rings. The molecule has 0 saturated carbocycles. The van der Waals surface area contributed by atoms with Crippen molar-refractivity contribution < 1.29 is 33.5 Å². The Morgan fingerprint density at radius 3 is 2.00 bits per heavy atom. The third-order valence-electron chi connectivity index (χ3n) is 7.27. The first kappa shape index (κ1) is 30.2. The highest BCUT2D eigenvalue weighted by Gasteiger charge is 2.48. The molecule has 2 bridgehead atoms. The predicted molar refractivity (Wildman–Crippen MR) is 151 cm³/mol. The minimum absolute atomic E-state index is 0.00595. The van der Waals surface area contributed by atoms with Crippen LogP contribution in [0.3, 0.4) is 0 Å². The minimum Gasteiger partial charge on any atom is -0.554 e. The van der Waals surface area contributed by atoms with E-state index >= 15 is 0 Å². The molecule has 40 heavy (non-hydrogen) atoms. The number of carbonyl (C=O) groups excluding carboxylic acids is 4. The van der Waals surface area contributed by atoms with Gasteiger partial charge in [-0.1, -0.05) is 60.7 Å². The van der Waals surface area contributed by atoms with Crippen LogP contribution in [0.1, 0.15) is 47.4 Å². The number of carboxylic acid groups (broad SMARTS) is 1. The summed E-state index contributed by atoms with van der Waals surface area (Å²) in [5.41, 5.74) is 3.45. The van der Waals surface area contributed by atoms with E-state index in [1.165, 1.54) is 6.92 Å². The van der Waals surface area contributed by atoms with Gasteiger partial charge in [0.15, 0.2) is 11.9 Å². The van der Waals surface area contributed by atoms with Gasteiger partial charge in [0.2, 0.25) is 5.78 Å². The summed E-state index contributed by atoms with van der Waals surface area (Å²) in [5.74, 6) is 0.552. The number of quaternary nitrogens is 1. The maximum Gasteiger partial charge on any atom is 0.303 e. The van der Waals surface area contributed by atoms with E-state index in [0.29, 0.717) is 12.5 Å². The number of esters is 1. The van der Waals surface area contributed by atoms with Gasteiger partial charge in [0.1, 0.15) is 13.1 Å². The molecule has 3 fully saturated rings. The summed E-state index contributed by atoms with van der Waals surface area (Å²) in [7, 11) is 0. The first-order valence-corrected chi connectivity index (χ1v) is 13.3. The number of carbonyl (C=O) groups is 4. The van der Waals surface area contributed by atoms with E-state index in [-0.39, 0.29) is 23.6 Å². The number of fused-ring (bicyclic) bond motifs is 3. The molecule has 0 spiro atoms. The summed E-state index contributed by atoms with van der Waals surface area (Å²) in [4.78, 5) is 43.2. The van der Waals surface area contributed by atoms with Gasteiger partial charge in [-0.25, -0.2) is 0 Å². The number of nitrogens with one attached hydrogen (secondary N) is 1. The van der Waals surface area contributed by atoms with Gasteiger partial charge < -0.3 is 24.4 Å². The maximum atomic E-state index is 12.5. The number of anilines is 2.